The van der Waals surface area contributed by atoms with Crippen LogP contribution in [-0.2, 0) is 6.54 Å². The number of hydrogen-bond donors (Lipinski definition) is 2. The van der Waals surface area contributed by atoms with E-state index in [1.807, 2.05) is 25.1 Å². The Morgan fingerprint density at radius 1 is 1.04 bits per heavy atom. The van der Waals surface area contributed by atoms with Crippen LogP contribution in [-0.4, -0.2) is 15.2 Å². The van der Waals surface area contributed by atoms with Crippen LogP contribution in [0.15, 0.2) is 53.1 Å². The predicted octanol–water partition coefficient (Wildman–Crippen LogP) is 4.61. The van der Waals surface area contributed by atoms with Crippen LogP contribution < -0.4 is 10.6 Å². The Labute approximate surface area is 149 Å². The van der Waals surface area contributed by atoms with Crippen LogP contribution in [0.5, 0.6) is 0 Å². The van der Waals surface area contributed by atoms with Crippen molar-refractivity contribution in [3.63, 3.8) is 0 Å². The molecule has 6 heteroatoms. The zero-order chi connectivity index (χ0) is 16.9. The van der Waals surface area contributed by atoms with E-state index in [1.54, 1.807) is 6.20 Å². The van der Waals surface area contributed by atoms with Gasteiger partial charge in [-0.15, -0.1) is 5.10 Å². The fraction of sp³-hybridized carbons (Fsp3) is 0.167. The molecule has 0 aliphatic heterocycles. The maximum atomic E-state index is 4.46. The minimum absolute atomic E-state index is 0.496. The molecular formula is C18H18BrN5. The SMILES string of the molecule is Cc1ccc(CNc2nncc(Nc3ccc(Br)cc3C)n2)cc1. The van der Waals surface area contributed by atoms with E-state index in [4.69, 9.17) is 0 Å². The molecule has 0 aliphatic carbocycles. The van der Waals surface area contributed by atoms with Crippen LogP contribution in [0, 0.1) is 13.8 Å². The highest BCUT2D eigenvalue weighted by Gasteiger charge is 2.04. The summed E-state index contributed by atoms with van der Waals surface area (Å²) in [6.45, 7) is 4.77. The Balaban J connectivity index is 1.68. The third-order valence-electron chi connectivity index (χ3n) is 3.58. The van der Waals surface area contributed by atoms with Gasteiger partial charge in [0, 0.05) is 16.7 Å². The first-order valence-corrected chi connectivity index (χ1v) is 8.42. The molecule has 0 bridgehead atoms. The van der Waals surface area contributed by atoms with E-state index in [0.717, 1.165) is 15.7 Å². The Morgan fingerprint density at radius 2 is 1.83 bits per heavy atom. The Hall–Kier alpha value is -2.47. The summed E-state index contributed by atoms with van der Waals surface area (Å²) in [7, 11) is 0. The number of rotatable bonds is 5. The first kappa shape index (κ1) is 16.4. The second kappa shape index (κ2) is 7.40. The van der Waals surface area contributed by atoms with Crippen LogP contribution in [0.4, 0.5) is 17.5 Å². The molecule has 122 valence electrons. The molecule has 3 aromatic rings. The summed E-state index contributed by atoms with van der Waals surface area (Å²) >= 11 is 3.46. The molecule has 0 amide bonds. The van der Waals surface area contributed by atoms with Gasteiger partial charge in [-0.1, -0.05) is 45.8 Å². The topological polar surface area (TPSA) is 62.7 Å². The third-order valence-corrected chi connectivity index (χ3v) is 4.07. The van der Waals surface area contributed by atoms with Crippen molar-refractivity contribution in [3.8, 4) is 0 Å². The molecule has 0 atom stereocenters. The van der Waals surface area contributed by atoms with Crippen molar-refractivity contribution >= 4 is 33.4 Å². The van der Waals surface area contributed by atoms with Crippen molar-refractivity contribution in [2.24, 2.45) is 0 Å². The summed E-state index contributed by atoms with van der Waals surface area (Å²) in [5, 5.41) is 14.5. The summed E-state index contributed by atoms with van der Waals surface area (Å²) < 4.78 is 1.05. The lowest BCUT2D eigenvalue weighted by Crippen LogP contribution is -2.06. The Kier molecular flexibility index (Phi) is 5.05. The minimum atomic E-state index is 0.496. The van der Waals surface area contributed by atoms with E-state index in [1.165, 1.54) is 11.1 Å². The predicted molar refractivity (Wildman–Crippen MR) is 100 cm³/mol. The molecule has 1 aromatic heterocycles. The largest absolute Gasteiger partial charge is 0.349 e. The number of halogens is 1. The van der Waals surface area contributed by atoms with E-state index in [-0.39, 0.29) is 0 Å². The number of nitrogens with one attached hydrogen (secondary N) is 2. The quantitative estimate of drug-likeness (QED) is 0.673. The molecule has 0 fully saturated rings. The molecule has 0 spiro atoms. The molecule has 5 nitrogen and oxygen atoms in total. The molecule has 2 N–H and O–H groups in total. The van der Waals surface area contributed by atoms with E-state index >= 15 is 0 Å². The maximum absolute atomic E-state index is 4.46. The molecule has 0 radical (unpaired) electrons. The van der Waals surface area contributed by atoms with Crippen molar-refractivity contribution in [2.75, 3.05) is 10.6 Å². The van der Waals surface area contributed by atoms with Crippen LogP contribution in [0.2, 0.25) is 0 Å². The summed E-state index contributed by atoms with van der Waals surface area (Å²) in [5.41, 5.74) is 4.53. The second-order valence-electron chi connectivity index (χ2n) is 5.59. The Morgan fingerprint density at radius 3 is 2.58 bits per heavy atom. The number of anilines is 3. The molecule has 24 heavy (non-hydrogen) atoms. The van der Waals surface area contributed by atoms with Gasteiger partial charge < -0.3 is 10.6 Å². The maximum Gasteiger partial charge on any atom is 0.244 e. The van der Waals surface area contributed by atoms with E-state index in [9.17, 15) is 0 Å². The van der Waals surface area contributed by atoms with Crippen LogP contribution in [0.3, 0.4) is 0 Å². The van der Waals surface area contributed by atoms with Gasteiger partial charge in [0.2, 0.25) is 5.95 Å². The van der Waals surface area contributed by atoms with Gasteiger partial charge in [-0.25, -0.2) is 0 Å². The monoisotopic (exact) mass is 383 g/mol. The molecular weight excluding hydrogens is 366 g/mol. The summed E-state index contributed by atoms with van der Waals surface area (Å²) in [6, 6.07) is 14.4. The first-order chi connectivity index (χ1) is 11.6. The Bertz CT molecular complexity index is 833. The highest BCUT2D eigenvalue weighted by Crippen LogP contribution is 2.22. The van der Waals surface area contributed by atoms with Gasteiger partial charge in [-0.3, -0.25) is 0 Å². The van der Waals surface area contributed by atoms with Crippen LogP contribution in [0.1, 0.15) is 16.7 Å². The molecule has 1 heterocycles. The zero-order valence-corrected chi connectivity index (χ0v) is 15.1. The average Bonchev–Trinajstić information content (AvgIpc) is 2.57. The summed E-state index contributed by atoms with van der Waals surface area (Å²) in [5.74, 6) is 1.15. The summed E-state index contributed by atoms with van der Waals surface area (Å²) in [4.78, 5) is 4.46. The van der Waals surface area contributed by atoms with Gasteiger partial charge in [0.15, 0.2) is 5.82 Å². The number of aryl methyl sites for hydroxylation is 2. The zero-order valence-electron chi connectivity index (χ0n) is 13.5. The van der Waals surface area contributed by atoms with Crippen molar-refractivity contribution in [1.29, 1.82) is 0 Å². The highest BCUT2D eigenvalue weighted by molar-refractivity contribution is 9.10. The molecule has 0 unspecified atom stereocenters. The van der Waals surface area contributed by atoms with E-state index < -0.39 is 0 Å². The molecule has 2 aromatic carbocycles. The standard InChI is InChI=1S/C18H18BrN5/c1-12-3-5-14(6-4-12)10-20-18-23-17(11-21-24-18)22-16-8-7-15(19)9-13(16)2/h3-9,11H,10H2,1-2H3,(H2,20,22,23,24). The number of hydrogen-bond acceptors (Lipinski definition) is 5. The minimum Gasteiger partial charge on any atom is -0.349 e. The van der Waals surface area contributed by atoms with Crippen molar-refractivity contribution in [2.45, 2.75) is 20.4 Å². The lowest BCUT2D eigenvalue weighted by atomic mass is 10.1. The van der Waals surface area contributed by atoms with Crippen molar-refractivity contribution in [1.82, 2.24) is 15.2 Å². The number of nitrogens with zero attached hydrogens (tertiary/aromatic N) is 3. The van der Waals surface area contributed by atoms with Gasteiger partial charge in [0.1, 0.15) is 0 Å². The van der Waals surface area contributed by atoms with E-state index in [0.29, 0.717) is 18.3 Å². The smallest absolute Gasteiger partial charge is 0.244 e. The molecule has 3 rings (SSSR count). The average molecular weight is 384 g/mol. The highest BCUT2D eigenvalue weighted by atomic mass is 79.9. The van der Waals surface area contributed by atoms with Gasteiger partial charge in [0.25, 0.3) is 0 Å². The number of benzene rings is 2. The second-order valence-corrected chi connectivity index (χ2v) is 6.50. The molecule has 0 saturated heterocycles. The van der Waals surface area contributed by atoms with Crippen molar-refractivity contribution < 1.29 is 0 Å². The lowest BCUT2D eigenvalue weighted by molar-refractivity contribution is 0.948. The molecule has 0 aliphatic rings. The van der Waals surface area contributed by atoms with Gasteiger partial charge in [-0.2, -0.15) is 10.1 Å². The number of aromatic nitrogens is 3. The van der Waals surface area contributed by atoms with Gasteiger partial charge in [0.05, 0.1) is 6.20 Å². The van der Waals surface area contributed by atoms with Crippen LogP contribution in [0.25, 0.3) is 0 Å². The molecule has 0 saturated carbocycles. The third kappa shape index (κ3) is 4.29. The van der Waals surface area contributed by atoms with E-state index in [2.05, 4.69) is 72.9 Å². The normalized spacial score (nSPS) is 10.5. The first-order valence-electron chi connectivity index (χ1n) is 7.62. The van der Waals surface area contributed by atoms with Crippen LogP contribution >= 0.6 is 15.9 Å². The fourth-order valence-corrected chi connectivity index (χ4v) is 2.71. The van der Waals surface area contributed by atoms with Gasteiger partial charge >= 0.3 is 0 Å². The fourth-order valence-electron chi connectivity index (χ4n) is 2.23. The van der Waals surface area contributed by atoms with Gasteiger partial charge in [-0.05, 0) is 43.2 Å². The lowest BCUT2D eigenvalue weighted by Gasteiger charge is -2.10. The summed E-state index contributed by atoms with van der Waals surface area (Å²) in [6.07, 6.45) is 1.61. The van der Waals surface area contributed by atoms with Crippen molar-refractivity contribution in [3.05, 3.63) is 69.8 Å².